The fraction of sp³-hybridized carbons (Fsp3) is 0.955. The number of ether oxygens (including phenoxy) is 4. The van der Waals surface area contributed by atoms with Gasteiger partial charge < -0.3 is 33.8 Å². The van der Waals surface area contributed by atoms with Crippen molar-refractivity contribution >= 4 is 39.5 Å². The smallest absolute Gasteiger partial charge is 0.462 e. The molecule has 0 spiro atoms. The molecule has 108 heavy (non-hydrogen) atoms. The molecule has 5 atom stereocenters. The minimum Gasteiger partial charge on any atom is -0.462 e. The number of hydrogen-bond donors (Lipinski definition) is 3. The first kappa shape index (κ1) is 106. The summed E-state index contributed by atoms with van der Waals surface area (Å²) in [5.41, 5.74) is 0. The van der Waals surface area contributed by atoms with E-state index in [0.29, 0.717) is 25.7 Å². The number of aliphatic hydroxyl groups excluding tert-OH is 1. The molecule has 0 aromatic carbocycles. The molecular weight excluding hydrogens is 1400 g/mol. The van der Waals surface area contributed by atoms with Gasteiger partial charge in [0.15, 0.2) is 12.2 Å². The molecule has 3 N–H and O–H groups in total. The third kappa shape index (κ3) is 82.1. The standard InChI is InChI=1S/C89H174O17P2/c1-6-9-12-15-18-21-24-27-29-31-32-33-35-39-45-50-55-60-65-70-75-89(94)106-85(79-100-87(92)73-68-63-58-53-48-43-40-36-37-42-46-51-56-61-66-71-82(4)5)81-104-108(97,98)102-77-83(90)76-101-107(95,96)103-80-84(78-99-86(91)72-67-62-57-52-47-41-26-23-20-17-14-11-8-3)105-88(93)74-69-64-59-54-49-44-38-34-30-28-25-22-19-16-13-10-7-2/h82-85,90H,6-81H2,1-5H3,(H,95,96)(H,97,98)/t83-,84+,85+/m0/s1. The van der Waals surface area contributed by atoms with Crippen molar-refractivity contribution in [3.63, 3.8) is 0 Å². The van der Waals surface area contributed by atoms with Crippen LogP contribution in [0.25, 0.3) is 0 Å². The van der Waals surface area contributed by atoms with E-state index < -0.39 is 97.5 Å². The first-order valence-electron chi connectivity index (χ1n) is 46.1. The van der Waals surface area contributed by atoms with Gasteiger partial charge in [0.1, 0.15) is 19.3 Å². The summed E-state index contributed by atoms with van der Waals surface area (Å²) in [5.74, 6) is -1.29. The molecule has 0 aromatic heterocycles. The fourth-order valence-electron chi connectivity index (χ4n) is 14.0. The van der Waals surface area contributed by atoms with E-state index in [-0.39, 0.29) is 25.7 Å². The van der Waals surface area contributed by atoms with Crippen LogP contribution < -0.4 is 0 Å². The van der Waals surface area contributed by atoms with Crippen LogP contribution in [0, 0.1) is 5.92 Å². The number of rotatable bonds is 89. The number of aliphatic hydroxyl groups is 1. The van der Waals surface area contributed by atoms with Crippen LogP contribution in [0.4, 0.5) is 0 Å². The van der Waals surface area contributed by atoms with E-state index in [1.54, 1.807) is 0 Å². The van der Waals surface area contributed by atoms with E-state index in [4.69, 9.17) is 37.0 Å². The average molecular weight is 1580 g/mol. The van der Waals surface area contributed by atoms with E-state index in [1.807, 2.05) is 0 Å². The van der Waals surface area contributed by atoms with Crippen molar-refractivity contribution in [2.24, 2.45) is 5.92 Å². The zero-order valence-electron chi connectivity index (χ0n) is 71.0. The lowest BCUT2D eigenvalue weighted by Gasteiger charge is -2.21. The molecule has 2 unspecified atom stereocenters. The van der Waals surface area contributed by atoms with Crippen molar-refractivity contribution in [3.05, 3.63) is 0 Å². The van der Waals surface area contributed by atoms with Gasteiger partial charge in [0.05, 0.1) is 26.4 Å². The lowest BCUT2D eigenvalue weighted by atomic mass is 10.0. The van der Waals surface area contributed by atoms with E-state index >= 15 is 0 Å². The summed E-state index contributed by atoms with van der Waals surface area (Å²) in [5, 5.41) is 10.7. The summed E-state index contributed by atoms with van der Waals surface area (Å²) in [7, 11) is -9.93. The first-order chi connectivity index (χ1) is 52.5. The Labute approximate surface area is 664 Å². The van der Waals surface area contributed by atoms with Crippen molar-refractivity contribution in [2.75, 3.05) is 39.6 Å². The second kappa shape index (κ2) is 81.6. The van der Waals surface area contributed by atoms with Gasteiger partial charge in [-0.05, 0) is 31.6 Å². The quantitative estimate of drug-likeness (QED) is 0.0222. The highest BCUT2D eigenvalue weighted by Crippen LogP contribution is 2.45. The SMILES string of the molecule is CCCCCCCCCCCCCCCCCCCCCCC(=O)O[C@H](COC(=O)CCCCCCCCCCCCCCCCCC(C)C)COP(=O)(O)OC[C@@H](O)COP(=O)(O)OC[C@@H](COC(=O)CCCCCCCCCCCCCCC)OC(=O)CCCCCCCCCCCCCCCCCCC. The molecule has 17 nitrogen and oxygen atoms in total. The van der Waals surface area contributed by atoms with Crippen LogP contribution in [0.1, 0.15) is 484 Å². The number of unbranched alkanes of at least 4 members (excludes halogenated alkanes) is 61. The third-order valence-electron chi connectivity index (χ3n) is 21.0. The van der Waals surface area contributed by atoms with Gasteiger partial charge in [-0.2, -0.15) is 0 Å². The Morgan fingerprint density at radius 3 is 0.630 bits per heavy atom. The Morgan fingerprint density at radius 1 is 0.250 bits per heavy atom. The number of carbonyl (C=O) groups is 4. The predicted octanol–water partition coefficient (Wildman–Crippen LogP) is 27.5. The summed E-state index contributed by atoms with van der Waals surface area (Å²) >= 11 is 0. The van der Waals surface area contributed by atoms with Crippen LogP contribution in [0.3, 0.4) is 0 Å². The zero-order valence-corrected chi connectivity index (χ0v) is 72.8. The highest BCUT2D eigenvalue weighted by molar-refractivity contribution is 7.47. The molecule has 0 saturated heterocycles. The Bertz CT molecular complexity index is 2050. The molecule has 0 radical (unpaired) electrons. The van der Waals surface area contributed by atoms with Gasteiger partial charge in [-0.1, -0.05) is 433 Å². The van der Waals surface area contributed by atoms with Crippen LogP contribution in [0.5, 0.6) is 0 Å². The normalized spacial score (nSPS) is 13.7. The van der Waals surface area contributed by atoms with Crippen LogP contribution in [0.15, 0.2) is 0 Å². The van der Waals surface area contributed by atoms with Crippen molar-refractivity contribution < 1.29 is 80.2 Å². The summed E-state index contributed by atoms with van der Waals surface area (Å²) in [6.07, 6.45) is 76.3. The molecule has 0 aromatic rings. The number of phosphoric acid groups is 2. The molecule has 0 aliphatic heterocycles. The van der Waals surface area contributed by atoms with E-state index in [1.165, 1.54) is 308 Å². The highest BCUT2D eigenvalue weighted by atomic mass is 31.2. The van der Waals surface area contributed by atoms with Crippen LogP contribution in [0.2, 0.25) is 0 Å². The lowest BCUT2D eigenvalue weighted by molar-refractivity contribution is -0.161. The second-order valence-corrected chi connectivity index (χ2v) is 35.4. The summed E-state index contributed by atoms with van der Waals surface area (Å²) < 4.78 is 69.0. The van der Waals surface area contributed by atoms with Gasteiger partial charge in [-0.25, -0.2) is 9.13 Å². The van der Waals surface area contributed by atoms with E-state index in [2.05, 4.69) is 34.6 Å². The maximum atomic E-state index is 13.2. The van der Waals surface area contributed by atoms with Crippen molar-refractivity contribution in [2.45, 2.75) is 502 Å². The molecule has 19 heteroatoms. The van der Waals surface area contributed by atoms with Gasteiger partial charge in [0.25, 0.3) is 0 Å². The van der Waals surface area contributed by atoms with Crippen LogP contribution >= 0.6 is 15.6 Å². The summed E-state index contributed by atoms with van der Waals surface area (Å²) in [6, 6.07) is 0. The molecule has 0 aliphatic carbocycles. The van der Waals surface area contributed by atoms with Crippen LogP contribution in [-0.2, 0) is 65.4 Å². The number of carbonyl (C=O) groups excluding carboxylic acids is 4. The van der Waals surface area contributed by atoms with Gasteiger partial charge in [0.2, 0.25) is 0 Å². The number of phosphoric ester groups is 2. The topological polar surface area (TPSA) is 237 Å². The molecule has 0 amide bonds. The lowest BCUT2D eigenvalue weighted by Crippen LogP contribution is -2.30. The Kier molecular flexibility index (Phi) is 80.2. The van der Waals surface area contributed by atoms with Crippen LogP contribution in [-0.4, -0.2) is 96.7 Å². The molecule has 0 fully saturated rings. The molecule has 0 aliphatic rings. The molecule has 0 heterocycles. The highest BCUT2D eigenvalue weighted by Gasteiger charge is 2.30. The van der Waals surface area contributed by atoms with Gasteiger partial charge in [0, 0.05) is 25.7 Å². The molecule has 642 valence electrons. The fourth-order valence-corrected chi connectivity index (χ4v) is 15.6. The van der Waals surface area contributed by atoms with Gasteiger partial charge in [-0.15, -0.1) is 0 Å². The minimum atomic E-state index is -4.97. The average Bonchev–Trinajstić information content (AvgIpc) is 0.897. The molecule has 0 saturated carbocycles. The summed E-state index contributed by atoms with van der Waals surface area (Å²) in [4.78, 5) is 73.4. The molecule has 0 rings (SSSR count). The molecular formula is C89H174O17P2. The zero-order chi connectivity index (χ0) is 79.0. The maximum absolute atomic E-state index is 13.2. The Hall–Kier alpha value is -1.94. The summed E-state index contributed by atoms with van der Waals surface area (Å²) in [6.45, 7) is 7.42. The minimum absolute atomic E-state index is 0.109. The Morgan fingerprint density at radius 2 is 0.426 bits per heavy atom. The van der Waals surface area contributed by atoms with Gasteiger partial charge in [-0.3, -0.25) is 37.3 Å². The number of hydrogen-bond acceptors (Lipinski definition) is 15. The maximum Gasteiger partial charge on any atom is 0.472 e. The monoisotopic (exact) mass is 1580 g/mol. The van der Waals surface area contributed by atoms with E-state index in [9.17, 15) is 43.2 Å². The Balaban J connectivity index is 5.26. The van der Waals surface area contributed by atoms with Crippen molar-refractivity contribution in [1.29, 1.82) is 0 Å². The largest absolute Gasteiger partial charge is 0.472 e. The first-order valence-corrected chi connectivity index (χ1v) is 49.1. The van der Waals surface area contributed by atoms with E-state index in [0.717, 1.165) is 95.8 Å². The third-order valence-corrected chi connectivity index (χ3v) is 22.9. The van der Waals surface area contributed by atoms with Crippen molar-refractivity contribution in [1.82, 2.24) is 0 Å². The predicted molar refractivity (Wildman–Crippen MR) is 446 cm³/mol. The number of esters is 4. The molecule has 0 bridgehead atoms. The van der Waals surface area contributed by atoms with Crippen molar-refractivity contribution in [3.8, 4) is 0 Å². The second-order valence-electron chi connectivity index (χ2n) is 32.5. The van der Waals surface area contributed by atoms with Gasteiger partial charge >= 0.3 is 39.5 Å².